The number of benzene rings is 1. The third-order valence-electron chi connectivity index (χ3n) is 4.42. The van der Waals surface area contributed by atoms with Crippen LogP contribution in [0.2, 0.25) is 0 Å². The Morgan fingerprint density at radius 3 is 2.52 bits per heavy atom. The van der Waals surface area contributed by atoms with E-state index in [4.69, 9.17) is 9.47 Å². The first-order valence-corrected chi connectivity index (χ1v) is 7.56. The van der Waals surface area contributed by atoms with Crippen molar-refractivity contribution in [3.8, 4) is 11.5 Å². The van der Waals surface area contributed by atoms with Crippen molar-refractivity contribution in [2.45, 2.75) is 19.4 Å². The van der Waals surface area contributed by atoms with Crippen LogP contribution < -0.4 is 9.47 Å². The Morgan fingerprint density at radius 1 is 1.26 bits per heavy atom. The third-order valence-corrected chi connectivity index (χ3v) is 4.42. The topological polar surface area (TPSA) is 56.6 Å². The fourth-order valence-electron chi connectivity index (χ4n) is 3.26. The van der Waals surface area contributed by atoms with E-state index in [9.17, 15) is 4.79 Å². The van der Waals surface area contributed by atoms with Gasteiger partial charge < -0.3 is 14.4 Å². The molecule has 1 aromatic heterocycles. The molecule has 6 heteroatoms. The Morgan fingerprint density at radius 2 is 1.96 bits per heavy atom. The second-order valence-corrected chi connectivity index (χ2v) is 5.65. The lowest BCUT2D eigenvalue weighted by Crippen LogP contribution is -2.40. The van der Waals surface area contributed by atoms with Gasteiger partial charge in [-0.2, -0.15) is 5.10 Å². The van der Waals surface area contributed by atoms with E-state index < -0.39 is 0 Å². The summed E-state index contributed by atoms with van der Waals surface area (Å²) in [5.74, 6) is 1.44. The van der Waals surface area contributed by atoms with Crippen molar-refractivity contribution in [2.24, 2.45) is 7.05 Å². The Balaban J connectivity index is 2.19. The van der Waals surface area contributed by atoms with Crippen molar-refractivity contribution < 1.29 is 14.3 Å². The number of nitrogens with zero attached hydrogens (tertiary/aromatic N) is 3. The van der Waals surface area contributed by atoms with Crippen LogP contribution in [0.15, 0.2) is 24.4 Å². The summed E-state index contributed by atoms with van der Waals surface area (Å²) in [6.07, 6.45) is 2.55. The van der Waals surface area contributed by atoms with E-state index in [0.717, 1.165) is 17.7 Å². The number of hydrogen-bond donors (Lipinski definition) is 0. The van der Waals surface area contributed by atoms with Gasteiger partial charge >= 0.3 is 0 Å². The Bertz CT molecular complexity index is 739. The summed E-state index contributed by atoms with van der Waals surface area (Å²) in [7, 11) is 5.14. The maximum absolute atomic E-state index is 12.1. The molecule has 122 valence electrons. The minimum absolute atomic E-state index is 0.0524. The number of aromatic nitrogens is 2. The third kappa shape index (κ3) is 2.54. The number of rotatable bonds is 3. The van der Waals surface area contributed by atoms with Crippen LogP contribution in [0.4, 0.5) is 0 Å². The predicted molar refractivity (Wildman–Crippen MR) is 85.7 cm³/mol. The number of hydrogen-bond acceptors (Lipinski definition) is 4. The van der Waals surface area contributed by atoms with Crippen LogP contribution in [0.3, 0.4) is 0 Å². The number of aryl methyl sites for hydroxylation is 1. The summed E-state index contributed by atoms with van der Waals surface area (Å²) in [6, 6.07) is 5.77. The molecule has 0 spiro atoms. The zero-order chi connectivity index (χ0) is 16.6. The largest absolute Gasteiger partial charge is 0.493 e. The number of fused-ring (bicyclic) bond motifs is 1. The zero-order valence-corrected chi connectivity index (χ0v) is 13.9. The van der Waals surface area contributed by atoms with Gasteiger partial charge in [-0.1, -0.05) is 0 Å². The SMILES string of the molecule is COc1cc2c(cc1OC)[C@@H](c1ccnn1C)N(C(C)=O)CC2. The van der Waals surface area contributed by atoms with Crippen LogP contribution in [0.5, 0.6) is 11.5 Å². The molecule has 0 fully saturated rings. The van der Waals surface area contributed by atoms with E-state index >= 15 is 0 Å². The first kappa shape index (κ1) is 15.4. The molecule has 1 aromatic carbocycles. The molecule has 0 N–H and O–H groups in total. The van der Waals surface area contributed by atoms with E-state index in [1.807, 2.05) is 34.8 Å². The van der Waals surface area contributed by atoms with Gasteiger partial charge in [-0.3, -0.25) is 9.48 Å². The molecule has 0 aliphatic carbocycles. The minimum Gasteiger partial charge on any atom is -0.493 e. The fourth-order valence-corrected chi connectivity index (χ4v) is 3.26. The van der Waals surface area contributed by atoms with Gasteiger partial charge in [-0.15, -0.1) is 0 Å². The quantitative estimate of drug-likeness (QED) is 0.868. The number of carbonyl (C=O) groups is 1. The van der Waals surface area contributed by atoms with E-state index in [1.54, 1.807) is 27.3 Å². The highest BCUT2D eigenvalue weighted by Crippen LogP contribution is 2.40. The van der Waals surface area contributed by atoms with Crippen LogP contribution in [-0.4, -0.2) is 41.4 Å². The Kier molecular flexibility index (Phi) is 3.98. The molecule has 23 heavy (non-hydrogen) atoms. The first-order valence-electron chi connectivity index (χ1n) is 7.56. The average Bonchev–Trinajstić information content (AvgIpc) is 2.97. The second kappa shape index (κ2) is 5.95. The van der Waals surface area contributed by atoms with Gasteiger partial charge in [0.25, 0.3) is 0 Å². The highest BCUT2D eigenvalue weighted by atomic mass is 16.5. The highest BCUT2D eigenvalue weighted by Gasteiger charge is 2.33. The molecule has 0 radical (unpaired) electrons. The van der Waals surface area contributed by atoms with Crippen LogP contribution in [-0.2, 0) is 18.3 Å². The molecule has 6 nitrogen and oxygen atoms in total. The average molecular weight is 315 g/mol. The molecule has 0 bridgehead atoms. The molecule has 1 amide bonds. The summed E-state index contributed by atoms with van der Waals surface area (Å²) in [5, 5.41) is 4.26. The molecule has 1 atom stereocenters. The van der Waals surface area contributed by atoms with Crippen molar-refractivity contribution in [3.63, 3.8) is 0 Å². The number of amides is 1. The summed E-state index contributed by atoms with van der Waals surface area (Å²) in [4.78, 5) is 14.0. The maximum Gasteiger partial charge on any atom is 0.220 e. The normalized spacial score (nSPS) is 16.9. The van der Waals surface area contributed by atoms with E-state index in [-0.39, 0.29) is 11.9 Å². The molecule has 1 aliphatic heterocycles. The van der Waals surface area contributed by atoms with E-state index in [2.05, 4.69) is 5.10 Å². The lowest BCUT2D eigenvalue weighted by Gasteiger charge is -2.37. The van der Waals surface area contributed by atoms with Crippen molar-refractivity contribution in [3.05, 3.63) is 41.2 Å². The number of methoxy groups -OCH3 is 2. The molecule has 1 aliphatic rings. The van der Waals surface area contributed by atoms with Crippen LogP contribution in [0.25, 0.3) is 0 Å². The van der Waals surface area contributed by atoms with Crippen molar-refractivity contribution in [1.29, 1.82) is 0 Å². The molecular formula is C17H21N3O3. The Labute approximate surface area is 135 Å². The van der Waals surface area contributed by atoms with Crippen LogP contribution in [0, 0.1) is 0 Å². The second-order valence-electron chi connectivity index (χ2n) is 5.65. The van der Waals surface area contributed by atoms with Crippen molar-refractivity contribution in [1.82, 2.24) is 14.7 Å². The standard InChI is InChI=1S/C17H21N3O3/c1-11(21)20-8-6-12-9-15(22-3)16(23-4)10-13(12)17(20)14-5-7-18-19(14)2/h5,7,9-10,17H,6,8H2,1-4H3/t17-/m0/s1. The molecule has 2 heterocycles. The monoisotopic (exact) mass is 315 g/mol. The smallest absolute Gasteiger partial charge is 0.220 e. The summed E-state index contributed by atoms with van der Waals surface area (Å²) >= 11 is 0. The van der Waals surface area contributed by atoms with Gasteiger partial charge in [-0.05, 0) is 35.7 Å². The number of ether oxygens (including phenoxy) is 2. The fraction of sp³-hybridized carbons (Fsp3) is 0.412. The van der Waals surface area contributed by atoms with Crippen molar-refractivity contribution in [2.75, 3.05) is 20.8 Å². The molecule has 0 unspecified atom stereocenters. The molecule has 2 aromatic rings. The van der Waals surface area contributed by atoms with Gasteiger partial charge in [0.1, 0.15) is 0 Å². The first-order chi connectivity index (χ1) is 11.1. The predicted octanol–water partition coefficient (Wildman–Crippen LogP) is 1.93. The maximum atomic E-state index is 12.1. The molecule has 3 rings (SSSR count). The molecular weight excluding hydrogens is 294 g/mol. The van der Waals surface area contributed by atoms with Gasteiger partial charge in [0.05, 0.1) is 26.0 Å². The summed E-state index contributed by atoms with van der Waals surface area (Å²) in [6.45, 7) is 2.28. The number of carbonyl (C=O) groups excluding carboxylic acids is 1. The highest BCUT2D eigenvalue weighted by molar-refractivity contribution is 5.75. The lowest BCUT2D eigenvalue weighted by molar-refractivity contribution is -0.131. The molecule has 0 saturated heterocycles. The van der Waals surface area contributed by atoms with Crippen LogP contribution in [0.1, 0.15) is 29.8 Å². The van der Waals surface area contributed by atoms with Gasteiger partial charge in [-0.25, -0.2) is 0 Å². The Hall–Kier alpha value is -2.50. The van der Waals surface area contributed by atoms with E-state index in [0.29, 0.717) is 18.0 Å². The van der Waals surface area contributed by atoms with Gasteiger partial charge in [0, 0.05) is 26.7 Å². The minimum atomic E-state index is -0.163. The zero-order valence-electron chi connectivity index (χ0n) is 13.9. The van der Waals surface area contributed by atoms with Gasteiger partial charge in [0.15, 0.2) is 11.5 Å². The summed E-state index contributed by atoms with van der Waals surface area (Å²) in [5.41, 5.74) is 3.22. The summed E-state index contributed by atoms with van der Waals surface area (Å²) < 4.78 is 12.7. The van der Waals surface area contributed by atoms with E-state index in [1.165, 1.54) is 5.56 Å². The van der Waals surface area contributed by atoms with Crippen LogP contribution >= 0.6 is 0 Å². The molecule has 0 saturated carbocycles. The van der Waals surface area contributed by atoms with Crippen molar-refractivity contribution >= 4 is 5.91 Å². The van der Waals surface area contributed by atoms with Gasteiger partial charge in [0.2, 0.25) is 5.91 Å². The lowest BCUT2D eigenvalue weighted by atomic mass is 9.90.